The zero-order valence-corrected chi connectivity index (χ0v) is 13.0. The maximum Gasteiger partial charge on any atom is 0.412 e. The van der Waals surface area contributed by atoms with Gasteiger partial charge >= 0.3 is 12.1 Å². The van der Waals surface area contributed by atoms with Crippen LogP contribution < -0.4 is 5.32 Å². The second-order valence-electron chi connectivity index (χ2n) is 5.65. The minimum Gasteiger partial charge on any atom is -0.462 e. The molecule has 0 radical (unpaired) electrons. The Morgan fingerprint density at radius 1 is 1.32 bits per heavy atom. The third kappa shape index (κ3) is 3.75. The fourth-order valence-corrected chi connectivity index (χ4v) is 1.85. The van der Waals surface area contributed by atoms with Gasteiger partial charge in [0.2, 0.25) is 0 Å². The van der Waals surface area contributed by atoms with E-state index in [-0.39, 0.29) is 0 Å². The number of pyridine rings is 1. The Kier molecular flexibility index (Phi) is 4.35. The normalized spacial score (nSPS) is 11.3. The van der Waals surface area contributed by atoms with Gasteiger partial charge in [0.15, 0.2) is 0 Å². The first-order valence-electron chi connectivity index (χ1n) is 6.94. The van der Waals surface area contributed by atoms with Crippen molar-refractivity contribution in [2.24, 2.45) is 0 Å². The number of anilines is 1. The standard InChI is InChI=1S/C15H19N3O4/c1-5-21-13(19)11-8-16-18-9-10(6-7-12(11)18)17-14(20)22-15(2,3)4/h6-9H,5H2,1-4H3,(H,17,20). The first-order chi connectivity index (χ1) is 10.3. The quantitative estimate of drug-likeness (QED) is 0.882. The largest absolute Gasteiger partial charge is 0.462 e. The van der Waals surface area contributed by atoms with Gasteiger partial charge in [0.05, 0.1) is 30.2 Å². The summed E-state index contributed by atoms with van der Waals surface area (Å²) in [5, 5.41) is 6.70. The van der Waals surface area contributed by atoms with Gasteiger partial charge in [-0.05, 0) is 39.8 Å². The number of carbonyl (C=O) groups is 2. The van der Waals surface area contributed by atoms with Crippen LogP contribution in [0.4, 0.5) is 10.5 Å². The Balaban J connectivity index is 2.18. The van der Waals surface area contributed by atoms with E-state index in [1.165, 1.54) is 10.7 Å². The van der Waals surface area contributed by atoms with Crippen molar-refractivity contribution in [2.75, 3.05) is 11.9 Å². The second-order valence-corrected chi connectivity index (χ2v) is 5.65. The molecule has 1 N–H and O–H groups in total. The van der Waals surface area contributed by atoms with Crippen molar-refractivity contribution < 1.29 is 19.1 Å². The summed E-state index contributed by atoms with van der Waals surface area (Å²) < 4.78 is 11.6. The molecule has 0 saturated carbocycles. The number of fused-ring (bicyclic) bond motifs is 1. The summed E-state index contributed by atoms with van der Waals surface area (Å²) in [6.45, 7) is 7.40. The first kappa shape index (κ1) is 15.8. The van der Waals surface area contributed by atoms with Crippen LogP contribution >= 0.6 is 0 Å². The van der Waals surface area contributed by atoms with E-state index in [0.29, 0.717) is 23.4 Å². The van der Waals surface area contributed by atoms with E-state index in [1.807, 2.05) is 0 Å². The average Bonchev–Trinajstić information content (AvgIpc) is 2.79. The number of esters is 1. The van der Waals surface area contributed by atoms with E-state index in [2.05, 4.69) is 10.4 Å². The van der Waals surface area contributed by atoms with Crippen molar-refractivity contribution in [2.45, 2.75) is 33.3 Å². The van der Waals surface area contributed by atoms with Gasteiger partial charge in [-0.2, -0.15) is 5.10 Å². The Bertz CT molecular complexity index is 700. The van der Waals surface area contributed by atoms with E-state index >= 15 is 0 Å². The third-order valence-electron chi connectivity index (χ3n) is 2.66. The molecule has 0 saturated heterocycles. The van der Waals surface area contributed by atoms with Crippen LogP contribution in [0.25, 0.3) is 5.52 Å². The minimum absolute atomic E-state index is 0.300. The molecule has 0 aliphatic rings. The van der Waals surface area contributed by atoms with Crippen LogP contribution in [0, 0.1) is 0 Å². The van der Waals surface area contributed by atoms with Crippen LogP contribution in [0.5, 0.6) is 0 Å². The van der Waals surface area contributed by atoms with Gasteiger partial charge in [-0.3, -0.25) is 5.32 Å². The van der Waals surface area contributed by atoms with Crippen LogP contribution in [-0.2, 0) is 9.47 Å². The predicted octanol–water partition coefficient (Wildman–Crippen LogP) is 2.86. The summed E-state index contributed by atoms with van der Waals surface area (Å²) >= 11 is 0. The van der Waals surface area contributed by atoms with Crippen molar-refractivity contribution >= 4 is 23.3 Å². The number of rotatable bonds is 3. The molecule has 2 aromatic rings. The molecule has 22 heavy (non-hydrogen) atoms. The molecule has 0 aliphatic carbocycles. The molecule has 0 bridgehead atoms. The highest BCUT2D eigenvalue weighted by Gasteiger charge is 2.17. The van der Waals surface area contributed by atoms with Crippen molar-refractivity contribution in [3.05, 3.63) is 30.1 Å². The molecule has 0 fully saturated rings. The van der Waals surface area contributed by atoms with Crippen LogP contribution in [0.15, 0.2) is 24.5 Å². The van der Waals surface area contributed by atoms with Crippen molar-refractivity contribution in [3.63, 3.8) is 0 Å². The lowest BCUT2D eigenvalue weighted by Crippen LogP contribution is -2.27. The number of nitrogens with zero attached hydrogens (tertiary/aromatic N) is 2. The molecular formula is C15H19N3O4. The zero-order chi connectivity index (χ0) is 16.3. The fraction of sp³-hybridized carbons (Fsp3) is 0.400. The maximum atomic E-state index is 11.8. The van der Waals surface area contributed by atoms with Crippen LogP contribution in [0.2, 0.25) is 0 Å². The predicted molar refractivity (Wildman–Crippen MR) is 81.0 cm³/mol. The third-order valence-corrected chi connectivity index (χ3v) is 2.66. The fourth-order valence-electron chi connectivity index (χ4n) is 1.85. The number of nitrogens with one attached hydrogen (secondary N) is 1. The molecule has 0 spiro atoms. The Morgan fingerprint density at radius 3 is 2.68 bits per heavy atom. The molecule has 0 unspecified atom stereocenters. The molecule has 118 valence electrons. The topological polar surface area (TPSA) is 81.9 Å². The van der Waals surface area contributed by atoms with Gasteiger partial charge in [-0.1, -0.05) is 0 Å². The smallest absolute Gasteiger partial charge is 0.412 e. The van der Waals surface area contributed by atoms with E-state index < -0.39 is 17.7 Å². The Hall–Kier alpha value is -2.57. The monoisotopic (exact) mass is 305 g/mol. The van der Waals surface area contributed by atoms with Crippen LogP contribution in [0.3, 0.4) is 0 Å². The molecule has 1 amide bonds. The molecule has 0 atom stereocenters. The maximum absolute atomic E-state index is 11.8. The number of amides is 1. The number of aromatic nitrogens is 2. The molecule has 2 aromatic heterocycles. The molecule has 0 aliphatic heterocycles. The van der Waals surface area contributed by atoms with Crippen LogP contribution in [0.1, 0.15) is 38.1 Å². The lowest BCUT2D eigenvalue weighted by molar-refractivity contribution is 0.0527. The summed E-state index contributed by atoms with van der Waals surface area (Å²) in [5.74, 6) is -0.426. The van der Waals surface area contributed by atoms with Crippen molar-refractivity contribution in [3.8, 4) is 0 Å². The Morgan fingerprint density at radius 2 is 2.05 bits per heavy atom. The van der Waals surface area contributed by atoms with Gasteiger partial charge in [0.25, 0.3) is 0 Å². The Labute approximate surface area is 128 Å². The van der Waals surface area contributed by atoms with Crippen molar-refractivity contribution in [1.82, 2.24) is 9.61 Å². The lowest BCUT2D eigenvalue weighted by atomic mass is 10.2. The number of hydrogen-bond acceptors (Lipinski definition) is 5. The minimum atomic E-state index is -0.572. The van der Waals surface area contributed by atoms with E-state index in [1.54, 1.807) is 46.0 Å². The highest BCUT2D eigenvalue weighted by atomic mass is 16.6. The summed E-state index contributed by atoms with van der Waals surface area (Å²) in [4.78, 5) is 23.5. The molecule has 0 aromatic carbocycles. The van der Waals surface area contributed by atoms with E-state index in [4.69, 9.17) is 9.47 Å². The lowest BCUT2D eigenvalue weighted by Gasteiger charge is -2.19. The van der Waals surface area contributed by atoms with E-state index in [0.717, 1.165) is 0 Å². The molecular weight excluding hydrogens is 286 g/mol. The van der Waals surface area contributed by atoms with E-state index in [9.17, 15) is 9.59 Å². The zero-order valence-electron chi connectivity index (χ0n) is 13.0. The second kappa shape index (κ2) is 6.05. The number of ether oxygens (including phenoxy) is 2. The average molecular weight is 305 g/mol. The molecule has 2 rings (SSSR count). The van der Waals surface area contributed by atoms with Gasteiger partial charge in [0, 0.05) is 0 Å². The van der Waals surface area contributed by atoms with Gasteiger partial charge < -0.3 is 9.47 Å². The van der Waals surface area contributed by atoms with Crippen molar-refractivity contribution in [1.29, 1.82) is 0 Å². The van der Waals surface area contributed by atoms with Gasteiger partial charge in [-0.15, -0.1) is 0 Å². The number of carbonyl (C=O) groups excluding carboxylic acids is 2. The highest BCUT2D eigenvalue weighted by molar-refractivity contribution is 5.97. The number of hydrogen-bond donors (Lipinski definition) is 1. The summed E-state index contributed by atoms with van der Waals surface area (Å²) in [6.07, 6.45) is 2.48. The molecule has 7 heteroatoms. The SMILES string of the molecule is CCOC(=O)c1cnn2cc(NC(=O)OC(C)(C)C)ccc12. The van der Waals surface area contributed by atoms with Gasteiger partial charge in [0.1, 0.15) is 11.2 Å². The highest BCUT2D eigenvalue weighted by Crippen LogP contribution is 2.17. The van der Waals surface area contributed by atoms with Gasteiger partial charge in [-0.25, -0.2) is 14.1 Å². The molecule has 2 heterocycles. The summed E-state index contributed by atoms with van der Waals surface area (Å²) in [7, 11) is 0. The summed E-state index contributed by atoms with van der Waals surface area (Å²) in [5.41, 5.74) is 0.927. The molecule has 7 nitrogen and oxygen atoms in total. The summed E-state index contributed by atoms with van der Waals surface area (Å²) in [6, 6.07) is 3.36. The first-order valence-corrected chi connectivity index (χ1v) is 6.94. The van der Waals surface area contributed by atoms with Crippen LogP contribution in [-0.4, -0.2) is 33.9 Å².